The van der Waals surface area contributed by atoms with Crippen LogP contribution < -0.4 is 10.6 Å². The molecule has 25 heavy (non-hydrogen) atoms. The van der Waals surface area contributed by atoms with Gasteiger partial charge in [-0.3, -0.25) is 9.59 Å². The first-order valence-corrected chi connectivity index (χ1v) is 8.85. The van der Waals surface area contributed by atoms with Gasteiger partial charge in [0.25, 0.3) is 5.91 Å². The lowest BCUT2D eigenvalue weighted by atomic mass is 10.0. The maximum absolute atomic E-state index is 11.9. The largest absolute Gasteiger partial charge is 0.322 e. The second-order valence-electron chi connectivity index (χ2n) is 6.23. The molecule has 1 aromatic carbocycles. The lowest BCUT2D eigenvalue weighted by Crippen LogP contribution is -2.15. The first-order chi connectivity index (χ1) is 12.0. The first-order valence-electron chi connectivity index (χ1n) is 8.85. The Morgan fingerprint density at radius 2 is 2.12 bits per heavy atom. The van der Waals surface area contributed by atoms with E-state index in [1.54, 1.807) is 6.92 Å². The molecule has 4 nitrogen and oxygen atoms in total. The van der Waals surface area contributed by atoms with Crippen molar-refractivity contribution in [1.82, 2.24) is 10.6 Å². The fourth-order valence-electron chi connectivity index (χ4n) is 2.62. The SMILES string of the molecule is C=CCCC(C)C(C)=O.CCC=C1NC(=O)c2c(CNC)cccc21. The molecule has 1 aromatic rings. The lowest BCUT2D eigenvalue weighted by molar-refractivity contribution is -0.120. The third-order valence-corrected chi connectivity index (χ3v) is 4.19. The summed E-state index contributed by atoms with van der Waals surface area (Å²) in [6, 6.07) is 5.98. The summed E-state index contributed by atoms with van der Waals surface area (Å²) in [6.07, 6.45) is 6.71. The van der Waals surface area contributed by atoms with Crippen LogP contribution in [-0.4, -0.2) is 18.7 Å². The van der Waals surface area contributed by atoms with Gasteiger partial charge in [-0.05, 0) is 38.8 Å². The molecule has 0 fully saturated rings. The molecule has 0 aromatic heterocycles. The third kappa shape index (κ3) is 5.98. The van der Waals surface area contributed by atoms with Crippen molar-refractivity contribution >= 4 is 17.4 Å². The van der Waals surface area contributed by atoms with Gasteiger partial charge in [0.15, 0.2) is 0 Å². The summed E-state index contributed by atoms with van der Waals surface area (Å²) in [5.41, 5.74) is 3.84. The number of nitrogens with one attached hydrogen (secondary N) is 2. The Hall–Kier alpha value is -2.20. The van der Waals surface area contributed by atoms with Gasteiger partial charge in [0.1, 0.15) is 5.78 Å². The zero-order valence-corrected chi connectivity index (χ0v) is 15.8. The molecule has 1 aliphatic rings. The smallest absolute Gasteiger partial charge is 0.256 e. The van der Waals surface area contributed by atoms with Crippen molar-refractivity contribution in [3.05, 3.63) is 53.6 Å². The highest BCUT2D eigenvalue weighted by Crippen LogP contribution is 2.27. The Kier molecular flexibility index (Phi) is 8.86. The highest BCUT2D eigenvalue weighted by Gasteiger charge is 2.25. The van der Waals surface area contributed by atoms with Crippen LogP contribution in [0.3, 0.4) is 0 Å². The fourth-order valence-corrected chi connectivity index (χ4v) is 2.62. The molecular formula is C21H30N2O2. The van der Waals surface area contributed by atoms with Gasteiger partial charge in [-0.2, -0.15) is 0 Å². The number of fused-ring (bicyclic) bond motifs is 1. The minimum absolute atomic E-state index is 0.0144. The summed E-state index contributed by atoms with van der Waals surface area (Å²) in [7, 11) is 1.88. The number of Topliss-reactive ketones (excluding diaryl/α,β-unsaturated/α-hetero) is 1. The second-order valence-corrected chi connectivity index (χ2v) is 6.23. The Labute approximate surface area is 151 Å². The Balaban J connectivity index is 0.000000299. The molecular weight excluding hydrogens is 312 g/mol. The van der Waals surface area contributed by atoms with E-state index in [2.05, 4.69) is 24.1 Å². The number of carbonyl (C=O) groups excluding carboxylic acids is 2. The molecule has 0 radical (unpaired) electrons. The van der Waals surface area contributed by atoms with E-state index in [1.165, 1.54) is 0 Å². The molecule has 0 spiro atoms. The summed E-state index contributed by atoms with van der Waals surface area (Å²) < 4.78 is 0. The topological polar surface area (TPSA) is 58.2 Å². The Morgan fingerprint density at radius 1 is 1.40 bits per heavy atom. The fraction of sp³-hybridized carbons (Fsp3) is 0.429. The minimum Gasteiger partial charge on any atom is -0.322 e. The van der Waals surface area contributed by atoms with Crippen LogP contribution in [0.1, 0.15) is 61.5 Å². The van der Waals surface area contributed by atoms with Crippen LogP contribution >= 0.6 is 0 Å². The van der Waals surface area contributed by atoms with Crippen molar-refractivity contribution < 1.29 is 9.59 Å². The summed E-state index contributed by atoms with van der Waals surface area (Å²) in [5.74, 6) is 0.500. The predicted octanol–water partition coefficient (Wildman–Crippen LogP) is 4.08. The summed E-state index contributed by atoms with van der Waals surface area (Å²) in [5, 5.41) is 6.00. The van der Waals surface area contributed by atoms with Gasteiger partial charge in [0.05, 0.1) is 5.56 Å². The standard InChI is InChI=1S/C13H16N2O.C8H14O/c1-3-5-11-10-7-4-6-9(8-14-2)12(10)13(16)15-11;1-4-5-6-7(2)8(3)9/h4-7,14H,3,8H2,1-2H3,(H,15,16);4,7H,1,5-6H2,2-3H3. The highest BCUT2D eigenvalue weighted by molar-refractivity contribution is 6.10. The van der Waals surface area contributed by atoms with Gasteiger partial charge in [-0.15, -0.1) is 6.58 Å². The molecule has 2 N–H and O–H groups in total. The Bertz CT molecular complexity index is 647. The van der Waals surface area contributed by atoms with E-state index in [0.717, 1.165) is 48.2 Å². The number of rotatable bonds is 7. The van der Waals surface area contributed by atoms with E-state index < -0.39 is 0 Å². The number of hydrogen-bond acceptors (Lipinski definition) is 3. The van der Waals surface area contributed by atoms with Crippen molar-refractivity contribution in [2.45, 2.75) is 46.6 Å². The van der Waals surface area contributed by atoms with Gasteiger partial charge in [-0.25, -0.2) is 0 Å². The van der Waals surface area contributed by atoms with E-state index in [9.17, 15) is 9.59 Å². The maximum atomic E-state index is 11.9. The Morgan fingerprint density at radius 3 is 2.68 bits per heavy atom. The van der Waals surface area contributed by atoms with Crippen molar-refractivity contribution in [1.29, 1.82) is 0 Å². The zero-order valence-electron chi connectivity index (χ0n) is 15.8. The van der Waals surface area contributed by atoms with Crippen LogP contribution in [0.5, 0.6) is 0 Å². The second kappa shape index (κ2) is 10.6. The van der Waals surface area contributed by atoms with Crippen molar-refractivity contribution in [3.63, 3.8) is 0 Å². The summed E-state index contributed by atoms with van der Waals surface area (Å²) >= 11 is 0. The van der Waals surface area contributed by atoms with Crippen LogP contribution in [0.4, 0.5) is 0 Å². The molecule has 1 aliphatic heterocycles. The molecule has 1 amide bonds. The molecule has 1 heterocycles. The van der Waals surface area contributed by atoms with Gasteiger partial charge in [0.2, 0.25) is 0 Å². The third-order valence-electron chi connectivity index (χ3n) is 4.19. The van der Waals surface area contributed by atoms with Gasteiger partial charge < -0.3 is 10.6 Å². The van der Waals surface area contributed by atoms with Crippen LogP contribution in [0, 0.1) is 5.92 Å². The lowest BCUT2D eigenvalue weighted by Gasteiger charge is -2.04. The van der Waals surface area contributed by atoms with Crippen LogP contribution in [0.25, 0.3) is 5.70 Å². The molecule has 2 rings (SSSR count). The average molecular weight is 342 g/mol. The number of ketones is 1. The van der Waals surface area contributed by atoms with Crippen molar-refractivity contribution in [2.75, 3.05) is 7.05 Å². The highest BCUT2D eigenvalue weighted by atomic mass is 16.2. The molecule has 0 aliphatic carbocycles. The van der Waals surface area contributed by atoms with Crippen molar-refractivity contribution in [3.8, 4) is 0 Å². The average Bonchev–Trinajstić information content (AvgIpc) is 2.91. The first kappa shape index (κ1) is 20.8. The normalized spacial score (nSPS) is 15.0. The van der Waals surface area contributed by atoms with E-state index in [-0.39, 0.29) is 17.6 Å². The van der Waals surface area contributed by atoms with E-state index >= 15 is 0 Å². The number of amides is 1. The molecule has 1 atom stereocenters. The molecule has 0 saturated carbocycles. The van der Waals surface area contributed by atoms with Gasteiger partial charge in [0, 0.05) is 23.7 Å². The van der Waals surface area contributed by atoms with E-state index in [4.69, 9.17) is 0 Å². The van der Waals surface area contributed by atoms with Crippen LogP contribution in [0.2, 0.25) is 0 Å². The number of benzene rings is 1. The molecule has 0 bridgehead atoms. The molecule has 1 unspecified atom stereocenters. The molecule has 4 heteroatoms. The zero-order chi connectivity index (χ0) is 18.8. The summed E-state index contributed by atoms with van der Waals surface area (Å²) in [6.45, 7) is 9.95. The number of carbonyl (C=O) groups is 2. The van der Waals surface area contributed by atoms with Gasteiger partial charge in [-0.1, -0.05) is 44.2 Å². The monoisotopic (exact) mass is 342 g/mol. The van der Waals surface area contributed by atoms with Crippen LogP contribution in [0.15, 0.2) is 36.9 Å². The molecule has 0 saturated heterocycles. The number of hydrogen-bond donors (Lipinski definition) is 2. The van der Waals surface area contributed by atoms with Crippen molar-refractivity contribution in [2.24, 2.45) is 5.92 Å². The van der Waals surface area contributed by atoms with Gasteiger partial charge >= 0.3 is 0 Å². The number of allylic oxidation sites excluding steroid dienone is 2. The van der Waals surface area contributed by atoms with E-state index in [1.807, 2.05) is 44.3 Å². The van der Waals surface area contributed by atoms with E-state index in [0.29, 0.717) is 0 Å². The summed E-state index contributed by atoms with van der Waals surface area (Å²) in [4.78, 5) is 22.5. The molecule has 136 valence electrons. The quantitative estimate of drug-likeness (QED) is 0.734. The van der Waals surface area contributed by atoms with Crippen LogP contribution in [-0.2, 0) is 11.3 Å². The maximum Gasteiger partial charge on any atom is 0.256 e. The minimum atomic E-state index is 0.0144. The predicted molar refractivity (Wildman–Crippen MR) is 104 cm³/mol.